The van der Waals surface area contributed by atoms with E-state index in [0.29, 0.717) is 11.4 Å². The third-order valence-corrected chi connectivity index (χ3v) is 3.63. The van der Waals surface area contributed by atoms with Gasteiger partial charge in [-0.3, -0.25) is 4.79 Å². The van der Waals surface area contributed by atoms with Crippen LogP contribution in [0.3, 0.4) is 0 Å². The lowest BCUT2D eigenvalue weighted by atomic mass is 10.1. The zero-order valence-electron chi connectivity index (χ0n) is 15.0. The van der Waals surface area contributed by atoms with E-state index in [4.69, 9.17) is 9.47 Å². The van der Waals surface area contributed by atoms with Crippen LogP contribution in [-0.2, 0) is 14.3 Å². The summed E-state index contributed by atoms with van der Waals surface area (Å²) in [5, 5.41) is 2.75. The summed E-state index contributed by atoms with van der Waals surface area (Å²) in [5.74, 6) is -0.368. The summed E-state index contributed by atoms with van der Waals surface area (Å²) >= 11 is 0. The first-order valence-electron chi connectivity index (χ1n) is 8.12. The average molecular weight is 341 g/mol. The molecule has 0 bridgehead atoms. The Balaban J connectivity index is 1.85. The van der Waals surface area contributed by atoms with Gasteiger partial charge in [-0.1, -0.05) is 24.3 Å². The predicted octanol–water partition coefficient (Wildman–Crippen LogP) is 3.56. The van der Waals surface area contributed by atoms with Gasteiger partial charge < -0.3 is 14.8 Å². The molecule has 0 saturated heterocycles. The minimum Gasteiger partial charge on any atom is -0.482 e. The molecule has 2 aromatic rings. The molecule has 0 saturated carbocycles. The minimum atomic E-state index is -0.907. The zero-order chi connectivity index (χ0) is 18.4. The number of esters is 1. The molecule has 0 aliphatic carbocycles. The van der Waals surface area contributed by atoms with Gasteiger partial charge in [-0.25, -0.2) is 4.79 Å². The molecule has 0 fully saturated rings. The number of para-hydroxylation sites is 1. The quantitative estimate of drug-likeness (QED) is 0.816. The molecule has 0 heterocycles. The van der Waals surface area contributed by atoms with E-state index in [9.17, 15) is 9.59 Å². The van der Waals surface area contributed by atoms with E-state index in [-0.39, 0.29) is 12.5 Å². The second kappa shape index (κ2) is 8.33. The van der Waals surface area contributed by atoms with Crippen molar-refractivity contribution in [3.05, 3.63) is 59.2 Å². The Bertz CT molecular complexity index is 750. The van der Waals surface area contributed by atoms with Crippen LogP contribution in [-0.4, -0.2) is 24.6 Å². The van der Waals surface area contributed by atoms with Crippen molar-refractivity contribution in [2.24, 2.45) is 0 Å². The molecule has 25 heavy (non-hydrogen) atoms. The van der Waals surface area contributed by atoms with E-state index in [1.54, 1.807) is 6.07 Å². The van der Waals surface area contributed by atoms with Crippen molar-refractivity contribution >= 4 is 17.6 Å². The highest BCUT2D eigenvalue weighted by molar-refractivity contribution is 5.95. The van der Waals surface area contributed by atoms with E-state index >= 15 is 0 Å². The summed E-state index contributed by atoms with van der Waals surface area (Å²) < 4.78 is 10.6. The fourth-order valence-corrected chi connectivity index (χ4v) is 2.39. The molecule has 5 heteroatoms. The number of rotatable bonds is 6. The van der Waals surface area contributed by atoms with Crippen molar-refractivity contribution in [1.82, 2.24) is 0 Å². The molecule has 0 aliphatic rings. The maximum absolute atomic E-state index is 12.1. The minimum absolute atomic E-state index is 0.245. The maximum atomic E-state index is 12.1. The highest BCUT2D eigenvalue weighted by Gasteiger charge is 2.18. The molecule has 132 valence electrons. The Hall–Kier alpha value is -2.82. The molecule has 0 aliphatic heterocycles. The summed E-state index contributed by atoms with van der Waals surface area (Å²) in [7, 11) is 0. The standard InChI is InChI=1S/C20H23NO4/c1-13-9-14(2)11-17(10-13)24-12-19(22)25-16(4)20(23)21-18-8-6-5-7-15(18)3/h5-11,16H,12H2,1-4H3,(H,21,23)/t16-/m1/s1. The number of hydrogen-bond donors (Lipinski definition) is 1. The third kappa shape index (κ3) is 5.64. The summed E-state index contributed by atoms with van der Waals surface area (Å²) in [6.07, 6.45) is -0.907. The molecule has 0 spiro atoms. The van der Waals surface area contributed by atoms with Crippen LogP contribution in [0.5, 0.6) is 5.75 Å². The van der Waals surface area contributed by atoms with Crippen molar-refractivity contribution in [3.8, 4) is 5.75 Å². The number of anilines is 1. The fourth-order valence-electron chi connectivity index (χ4n) is 2.39. The topological polar surface area (TPSA) is 64.6 Å². The Labute approximate surface area is 148 Å². The van der Waals surface area contributed by atoms with Gasteiger partial charge in [0.15, 0.2) is 12.7 Å². The lowest BCUT2D eigenvalue weighted by Crippen LogP contribution is -2.31. The van der Waals surface area contributed by atoms with Gasteiger partial charge in [0, 0.05) is 5.69 Å². The Morgan fingerprint density at radius 1 is 1.04 bits per heavy atom. The predicted molar refractivity (Wildman–Crippen MR) is 96.8 cm³/mol. The van der Waals surface area contributed by atoms with E-state index in [0.717, 1.165) is 16.7 Å². The van der Waals surface area contributed by atoms with Gasteiger partial charge in [0.25, 0.3) is 5.91 Å². The van der Waals surface area contributed by atoms with Gasteiger partial charge in [-0.15, -0.1) is 0 Å². The van der Waals surface area contributed by atoms with Crippen molar-refractivity contribution in [1.29, 1.82) is 0 Å². The molecule has 0 aromatic heterocycles. The van der Waals surface area contributed by atoms with E-state index in [1.165, 1.54) is 6.92 Å². The summed E-state index contributed by atoms with van der Waals surface area (Å²) in [6, 6.07) is 13.1. The van der Waals surface area contributed by atoms with Crippen molar-refractivity contribution in [2.75, 3.05) is 11.9 Å². The van der Waals surface area contributed by atoms with Crippen LogP contribution in [0.1, 0.15) is 23.6 Å². The normalized spacial score (nSPS) is 11.5. The molecular weight excluding hydrogens is 318 g/mol. The smallest absolute Gasteiger partial charge is 0.344 e. The number of amides is 1. The largest absolute Gasteiger partial charge is 0.482 e. The number of benzene rings is 2. The van der Waals surface area contributed by atoms with Crippen molar-refractivity contribution in [3.63, 3.8) is 0 Å². The van der Waals surface area contributed by atoms with Gasteiger partial charge in [-0.05, 0) is 62.6 Å². The van der Waals surface area contributed by atoms with Crippen LogP contribution < -0.4 is 10.1 Å². The number of carbonyl (C=O) groups is 2. The van der Waals surface area contributed by atoms with Crippen molar-refractivity contribution < 1.29 is 19.1 Å². The zero-order valence-corrected chi connectivity index (χ0v) is 15.0. The number of hydrogen-bond acceptors (Lipinski definition) is 4. The maximum Gasteiger partial charge on any atom is 0.344 e. The third-order valence-electron chi connectivity index (χ3n) is 3.63. The average Bonchev–Trinajstić information content (AvgIpc) is 2.54. The Morgan fingerprint density at radius 2 is 1.68 bits per heavy atom. The highest BCUT2D eigenvalue weighted by Crippen LogP contribution is 2.16. The van der Waals surface area contributed by atoms with Crippen LogP contribution in [0.4, 0.5) is 5.69 Å². The Morgan fingerprint density at radius 3 is 2.32 bits per heavy atom. The fraction of sp³-hybridized carbons (Fsp3) is 0.300. The Kier molecular flexibility index (Phi) is 6.17. The number of aryl methyl sites for hydroxylation is 3. The second-order valence-corrected chi connectivity index (χ2v) is 6.05. The first-order chi connectivity index (χ1) is 11.8. The van der Waals surface area contributed by atoms with Crippen LogP contribution in [0.25, 0.3) is 0 Å². The van der Waals surface area contributed by atoms with Crippen LogP contribution >= 0.6 is 0 Å². The van der Waals surface area contributed by atoms with Crippen LogP contribution in [0.2, 0.25) is 0 Å². The monoisotopic (exact) mass is 341 g/mol. The summed E-state index contributed by atoms with van der Waals surface area (Å²) in [4.78, 5) is 24.0. The molecule has 5 nitrogen and oxygen atoms in total. The molecule has 2 aromatic carbocycles. The molecule has 2 rings (SSSR count). The lowest BCUT2D eigenvalue weighted by molar-refractivity contribution is -0.155. The SMILES string of the molecule is Cc1cc(C)cc(OCC(=O)O[C@H](C)C(=O)Nc2ccccc2C)c1. The molecule has 1 amide bonds. The number of ether oxygens (including phenoxy) is 2. The second-order valence-electron chi connectivity index (χ2n) is 6.05. The van der Waals surface area contributed by atoms with Gasteiger partial charge in [-0.2, -0.15) is 0 Å². The highest BCUT2D eigenvalue weighted by atomic mass is 16.6. The summed E-state index contributed by atoms with van der Waals surface area (Å²) in [6.45, 7) is 7.09. The van der Waals surface area contributed by atoms with Gasteiger partial charge >= 0.3 is 5.97 Å². The summed E-state index contributed by atoms with van der Waals surface area (Å²) in [5.41, 5.74) is 3.73. The first kappa shape index (κ1) is 18.5. The van der Waals surface area contributed by atoms with E-state index in [1.807, 2.05) is 57.2 Å². The van der Waals surface area contributed by atoms with Gasteiger partial charge in [0.1, 0.15) is 5.75 Å². The molecular formula is C20H23NO4. The lowest BCUT2D eigenvalue weighted by Gasteiger charge is -2.15. The van der Waals surface area contributed by atoms with Crippen LogP contribution in [0, 0.1) is 20.8 Å². The molecule has 0 radical (unpaired) electrons. The number of carbonyl (C=O) groups excluding carboxylic acids is 2. The molecule has 0 unspecified atom stereocenters. The van der Waals surface area contributed by atoms with Gasteiger partial charge in [0.05, 0.1) is 0 Å². The first-order valence-corrected chi connectivity index (χ1v) is 8.12. The van der Waals surface area contributed by atoms with Gasteiger partial charge in [0.2, 0.25) is 0 Å². The number of nitrogens with one attached hydrogen (secondary N) is 1. The molecule has 1 N–H and O–H groups in total. The van der Waals surface area contributed by atoms with E-state index in [2.05, 4.69) is 5.32 Å². The van der Waals surface area contributed by atoms with E-state index < -0.39 is 12.1 Å². The molecule has 1 atom stereocenters. The van der Waals surface area contributed by atoms with Crippen LogP contribution in [0.15, 0.2) is 42.5 Å². The van der Waals surface area contributed by atoms with Crippen molar-refractivity contribution in [2.45, 2.75) is 33.8 Å².